The van der Waals surface area contributed by atoms with Crippen LogP contribution in [0.15, 0.2) is 54.6 Å². The molecule has 0 aromatic heterocycles. The van der Waals surface area contributed by atoms with E-state index in [1.807, 2.05) is 12.1 Å². The van der Waals surface area contributed by atoms with Gasteiger partial charge in [0.05, 0.1) is 22.5 Å². The van der Waals surface area contributed by atoms with Gasteiger partial charge in [-0.1, -0.05) is 35.3 Å². The van der Waals surface area contributed by atoms with Crippen LogP contribution in [0.5, 0.6) is 17.2 Å². The van der Waals surface area contributed by atoms with Crippen molar-refractivity contribution in [3.63, 3.8) is 0 Å². The number of ether oxygens (including phenoxy) is 2. The molecule has 186 valence electrons. The van der Waals surface area contributed by atoms with Crippen LogP contribution in [-0.4, -0.2) is 35.1 Å². The monoisotopic (exact) mass is 530 g/mol. The zero-order chi connectivity index (χ0) is 25.8. The number of nitro groups is 1. The molecule has 0 radical (unpaired) electrons. The highest BCUT2D eigenvalue weighted by Gasteiger charge is 2.29. The molecule has 0 spiro atoms. The van der Waals surface area contributed by atoms with E-state index in [2.05, 4.69) is 5.32 Å². The van der Waals surface area contributed by atoms with Crippen molar-refractivity contribution in [2.24, 2.45) is 0 Å². The van der Waals surface area contributed by atoms with Crippen molar-refractivity contribution in [1.29, 1.82) is 0 Å². The van der Waals surface area contributed by atoms with E-state index in [4.69, 9.17) is 32.7 Å². The standard InChI is InChI=1S/C25H20Cl2N2O7/c26-16-4-1-14(2-5-16)7-9-28-24(30)15-3-6-21(20(11-15)29(33)34)36-23-13-22-18(12-19(23)27)17(25(31)32)8-10-35-22/h1-6,11-13,17H,7-10H2,(H,28,30)(H,31,32). The highest BCUT2D eigenvalue weighted by Crippen LogP contribution is 2.43. The number of fused-ring (bicyclic) bond motifs is 1. The molecule has 3 aromatic rings. The number of halogens is 2. The Morgan fingerprint density at radius 2 is 1.86 bits per heavy atom. The second kappa shape index (κ2) is 10.8. The number of rotatable bonds is 8. The molecule has 0 fully saturated rings. The third-order valence-electron chi connectivity index (χ3n) is 5.65. The SMILES string of the molecule is O=C(NCCc1ccc(Cl)cc1)c1ccc(Oc2cc3c(cc2Cl)C(C(=O)O)CCO3)c([N+](=O)[O-])c1. The van der Waals surface area contributed by atoms with E-state index in [1.165, 1.54) is 24.3 Å². The van der Waals surface area contributed by atoms with E-state index in [0.717, 1.165) is 11.6 Å². The van der Waals surface area contributed by atoms with Crippen molar-refractivity contribution in [2.75, 3.05) is 13.2 Å². The van der Waals surface area contributed by atoms with Gasteiger partial charge in [-0.3, -0.25) is 19.7 Å². The molecule has 1 atom stereocenters. The van der Waals surface area contributed by atoms with Crippen molar-refractivity contribution < 1.29 is 29.1 Å². The Hall–Kier alpha value is -3.82. The van der Waals surface area contributed by atoms with Gasteiger partial charge in [-0.25, -0.2) is 0 Å². The molecular weight excluding hydrogens is 511 g/mol. The second-order valence-electron chi connectivity index (χ2n) is 8.02. The first-order chi connectivity index (χ1) is 17.2. The summed E-state index contributed by atoms with van der Waals surface area (Å²) in [4.78, 5) is 35.1. The predicted molar refractivity (Wildman–Crippen MR) is 133 cm³/mol. The lowest BCUT2D eigenvalue weighted by atomic mass is 9.93. The first kappa shape index (κ1) is 25.3. The minimum atomic E-state index is -0.998. The van der Waals surface area contributed by atoms with Crippen LogP contribution in [0.4, 0.5) is 5.69 Å². The highest BCUT2D eigenvalue weighted by molar-refractivity contribution is 6.32. The predicted octanol–water partition coefficient (Wildman–Crippen LogP) is 5.62. The zero-order valence-electron chi connectivity index (χ0n) is 18.7. The summed E-state index contributed by atoms with van der Waals surface area (Å²) >= 11 is 12.2. The van der Waals surface area contributed by atoms with Gasteiger partial charge in [0, 0.05) is 34.8 Å². The molecule has 36 heavy (non-hydrogen) atoms. The number of carbonyl (C=O) groups excluding carboxylic acids is 1. The molecule has 3 aromatic carbocycles. The third kappa shape index (κ3) is 5.69. The first-order valence-electron chi connectivity index (χ1n) is 10.9. The molecule has 1 unspecified atom stereocenters. The molecule has 1 aliphatic rings. The second-order valence-corrected chi connectivity index (χ2v) is 8.87. The summed E-state index contributed by atoms with van der Waals surface area (Å²) in [5, 5.41) is 24.6. The van der Waals surface area contributed by atoms with E-state index >= 15 is 0 Å². The van der Waals surface area contributed by atoms with Crippen molar-refractivity contribution in [1.82, 2.24) is 5.32 Å². The molecule has 1 amide bonds. The quantitative estimate of drug-likeness (QED) is 0.285. The van der Waals surface area contributed by atoms with Crippen LogP contribution < -0.4 is 14.8 Å². The van der Waals surface area contributed by atoms with Crippen molar-refractivity contribution in [3.8, 4) is 17.2 Å². The molecule has 0 saturated carbocycles. The summed E-state index contributed by atoms with van der Waals surface area (Å²) < 4.78 is 11.2. The average molecular weight is 531 g/mol. The average Bonchev–Trinajstić information content (AvgIpc) is 2.85. The van der Waals surface area contributed by atoms with Crippen molar-refractivity contribution in [2.45, 2.75) is 18.8 Å². The number of amides is 1. The summed E-state index contributed by atoms with van der Waals surface area (Å²) in [5.41, 5.74) is 1.05. The van der Waals surface area contributed by atoms with Gasteiger partial charge in [0.15, 0.2) is 0 Å². The topological polar surface area (TPSA) is 128 Å². The van der Waals surface area contributed by atoms with Gasteiger partial charge in [-0.2, -0.15) is 0 Å². The fourth-order valence-corrected chi connectivity index (χ4v) is 4.14. The molecule has 11 heteroatoms. The summed E-state index contributed by atoms with van der Waals surface area (Å²) in [6, 6.07) is 13.9. The lowest BCUT2D eigenvalue weighted by Crippen LogP contribution is -2.25. The number of carboxylic acids is 1. The number of nitro benzene ring substituents is 1. The van der Waals surface area contributed by atoms with Crippen LogP contribution in [0.1, 0.15) is 33.8 Å². The minimum absolute atomic E-state index is 0.0599. The number of hydrogen-bond donors (Lipinski definition) is 2. The summed E-state index contributed by atoms with van der Waals surface area (Å²) in [5.74, 6) is -2.03. The van der Waals surface area contributed by atoms with Gasteiger partial charge in [0.25, 0.3) is 5.91 Å². The normalized spacial score (nSPS) is 14.3. The fourth-order valence-electron chi connectivity index (χ4n) is 3.80. The largest absolute Gasteiger partial charge is 0.493 e. The van der Waals surface area contributed by atoms with Gasteiger partial charge in [-0.15, -0.1) is 0 Å². The number of aliphatic carboxylic acids is 1. The maximum atomic E-state index is 12.6. The van der Waals surface area contributed by atoms with Crippen molar-refractivity contribution in [3.05, 3.63) is 91.4 Å². The third-order valence-corrected chi connectivity index (χ3v) is 6.20. The summed E-state index contributed by atoms with van der Waals surface area (Å²) in [6.07, 6.45) is 0.862. The van der Waals surface area contributed by atoms with Gasteiger partial charge >= 0.3 is 11.7 Å². The number of nitrogens with zero attached hydrogens (tertiary/aromatic N) is 1. The van der Waals surface area contributed by atoms with E-state index in [9.17, 15) is 24.8 Å². The Morgan fingerprint density at radius 3 is 2.56 bits per heavy atom. The molecular formula is C25H20Cl2N2O7. The summed E-state index contributed by atoms with van der Waals surface area (Å²) in [6.45, 7) is 0.529. The Bertz CT molecular complexity index is 1330. The van der Waals surface area contributed by atoms with Crippen molar-refractivity contribution >= 4 is 40.8 Å². The van der Waals surface area contributed by atoms with Gasteiger partial charge in [-0.05, 0) is 48.7 Å². The van der Waals surface area contributed by atoms with Crippen LogP contribution in [0, 0.1) is 10.1 Å². The van der Waals surface area contributed by atoms with E-state index < -0.39 is 28.4 Å². The molecule has 9 nitrogen and oxygen atoms in total. The Kier molecular flexibility index (Phi) is 7.61. The fraction of sp³-hybridized carbons (Fsp3) is 0.200. The minimum Gasteiger partial charge on any atom is -0.493 e. The summed E-state index contributed by atoms with van der Waals surface area (Å²) in [7, 11) is 0. The Balaban J connectivity index is 1.50. The number of carbonyl (C=O) groups is 2. The zero-order valence-corrected chi connectivity index (χ0v) is 20.2. The van der Waals surface area contributed by atoms with E-state index in [0.29, 0.717) is 30.0 Å². The van der Waals surface area contributed by atoms with Crippen LogP contribution in [-0.2, 0) is 11.2 Å². The molecule has 0 aliphatic carbocycles. The number of benzene rings is 3. The maximum absolute atomic E-state index is 12.6. The van der Waals surface area contributed by atoms with Gasteiger partial charge in [0.2, 0.25) is 5.75 Å². The highest BCUT2D eigenvalue weighted by atomic mass is 35.5. The maximum Gasteiger partial charge on any atom is 0.312 e. The molecule has 0 saturated heterocycles. The number of hydrogen-bond acceptors (Lipinski definition) is 6. The first-order valence-corrected chi connectivity index (χ1v) is 11.7. The van der Waals surface area contributed by atoms with Gasteiger partial charge in [0.1, 0.15) is 11.5 Å². The smallest absolute Gasteiger partial charge is 0.312 e. The lowest BCUT2D eigenvalue weighted by molar-refractivity contribution is -0.385. The number of carboxylic acid groups (broad SMARTS) is 1. The van der Waals surface area contributed by atoms with Gasteiger partial charge < -0.3 is 19.9 Å². The van der Waals surface area contributed by atoms with E-state index in [-0.39, 0.29) is 34.4 Å². The molecule has 2 N–H and O–H groups in total. The Labute approximate surface area is 215 Å². The van der Waals surface area contributed by atoms with Crippen LogP contribution in [0.25, 0.3) is 0 Å². The Morgan fingerprint density at radius 1 is 1.11 bits per heavy atom. The van der Waals surface area contributed by atoms with Crippen LogP contribution >= 0.6 is 23.2 Å². The van der Waals surface area contributed by atoms with Crippen LogP contribution in [0.2, 0.25) is 10.0 Å². The molecule has 1 heterocycles. The number of nitrogens with one attached hydrogen (secondary N) is 1. The molecule has 4 rings (SSSR count). The van der Waals surface area contributed by atoms with E-state index in [1.54, 1.807) is 12.1 Å². The molecule has 0 bridgehead atoms. The molecule has 1 aliphatic heterocycles. The lowest BCUT2D eigenvalue weighted by Gasteiger charge is -2.24. The van der Waals surface area contributed by atoms with Crippen LogP contribution in [0.3, 0.4) is 0 Å².